The van der Waals surface area contributed by atoms with Gasteiger partial charge in [0.25, 0.3) is 0 Å². The lowest BCUT2D eigenvalue weighted by molar-refractivity contribution is -0.252. The first-order valence-electron chi connectivity index (χ1n) is 6.97. The summed E-state index contributed by atoms with van der Waals surface area (Å²) in [6.07, 6.45) is 3.80. The fourth-order valence-corrected chi connectivity index (χ4v) is 4.57. The summed E-state index contributed by atoms with van der Waals surface area (Å²) in [5, 5.41) is 10.5. The van der Waals surface area contributed by atoms with E-state index in [4.69, 9.17) is 4.74 Å². The first-order chi connectivity index (χ1) is 7.91. The van der Waals surface area contributed by atoms with E-state index in [0.717, 1.165) is 25.0 Å². The second-order valence-corrected chi connectivity index (χ2v) is 6.85. The molecular weight excluding hydrogens is 212 g/mol. The van der Waals surface area contributed by atoms with E-state index in [1.165, 1.54) is 12.0 Å². The number of aliphatic hydroxyl groups is 1. The maximum absolute atomic E-state index is 10.5. The van der Waals surface area contributed by atoms with Crippen LogP contribution >= 0.6 is 0 Å². The molecular formula is C15H24O2. The van der Waals surface area contributed by atoms with Gasteiger partial charge in [-0.05, 0) is 36.7 Å². The molecule has 0 aromatic rings. The van der Waals surface area contributed by atoms with Crippen molar-refractivity contribution in [1.82, 2.24) is 0 Å². The zero-order valence-corrected chi connectivity index (χ0v) is 11.4. The molecule has 1 spiro atoms. The van der Waals surface area contributed by atoms with Crippen molar-refractivity contribution in [2.24, 2.45) is 17.3 Å². The number of allylic oxidation sites excluding steroid dienone is 1. The molecule has 4 atom stereocenters. The summed E-state index contributed by atoms with van der Waals surface area (Å²) in [5.74, 6) is 2.36. The Bertz CT molecular complexity index is 382. The molecule has 0 radical (unpaired) electrons. The molecule has 0 saturated heterocycles. The number of fused-ring (bicyclic) bond motifs is 1. The van der Waals surface area contributed by atoms with Crippen molar-refractivity contribution in [3.05, 3.63) is 11.3 Å². The second-order valence-electron chi connectivity index (χ2n) is 6.85. The van der Waals surface area contributed by atoms with E-state index < -0.39 is 0 Å². The van der Waals surface area contributed by atoms with Gasteiger partial charge in [-0.1, -0.05) is 20.8 Å². The van der Waals surface area contributed by atoms with Gasteiger partial charge in [0.1, 0.15) is 5.60 Å². The van der Waals surface area contributed by atoms with E-state index in [-0.39, 0.29) is 11.7 Å². The summed E-state index contributed by atoms with van der Waals surface area (Å²) in [6.45, 7) is 9.00. The van der Waals surface area contributed by atoms with Crippen LogP contribution in [0.2, 0.25) is 0 Å². The van der Waals surface area contributed by atoms with Crippen molar-refractivity contribution in [3.63, 3.8) is 0 Å². The molecule has 0 aromatic carbocycles. The van der Waals surface area contributed by atoms with E-state index in [0.29, 0.717) is 17.3 Å². The molecule has 0 aromatic heterocycles. The maximum atomic E-state index is 10.5. The zero-order valence-electron chi connectivity index (χ0n) is 11.4. The first-order valence-corrected chi connectivity index (χ1v) is 6.97. The molecule has 4 aliphatic rings. The van der Waals surface area contributed by atoms with Crippen LogP contribution < -0.4 is 0 Å². The van der Waals surface area contributed by atoms with Crippen molar-refractivity contribution in [2.75, 3.05) is 0 Å². The monoisotopic (exact) mass is 236 g/mol. The lowest BCUT2D eigenvalue weighted by Crippen LogP contribution is -2.67. The summed E-state index contributed by atoms with van der Waals surface area (Å²) in [4.78, 5) is 0. The highest BCUT2D eigenvalue weighted by molar-refractivity contribution is 5.26. The summed E-state index contributed by atoms with van der Waals surface area (Å²) < 4.78 is 6.28. The van der Waals surface area contributed by atoms with E-state index in [1.807, 2.05) is 0 Å². The third-order valence-corrected chi connectivity index (χ3v) is 5.78. The topological polar surface area (TPSA) is 29.5 Å². The van der Waals surface area contributed by atoms with Crippen molar-refractivity contribution < 1.29 is 9.84 Å². The molecule has 17 heavy (non-hydrogen) atoms. The Morgan fingerprint density at radius 3 is 2.59 bits per heavy atom. The highest BCUT2D eigenvalue weighted by Crippen LogP contribution is 2.66. The predicted octanol–water partition coefficient (Wildman–Crippen LogP) is 3.26. The molecule has 3 aliphatic carbocycles. The van der Waals surface area contributed by atoms with Crippen LogP contribution in [0.25, 0.3) is 0 Å². The van der Waals surface area contributed by atoms with Gasteiger partial charge in [0.15, 0.2) is 0 Å². The van der Waals surface area contributed by atoms with Gasteiger partial charge in [-0.3, -0.25) is 0 Å². The fourth-order valence-electron chi connectivity index (χ4n) is 4.57. The third-order valence-electron chi connectivity index (χ3n) is 5.78. The quantitative estimate of drug-likeness (QED) is 0.757. The molecule has 2 heteroatoms. The molecule has 1 N–H and O–H groups in total. The number of rotatable bonds is 1. The van der Waals surface area contributed by atoms with Crippen molar-refractivity contribution in [2.45, 2.75) is 65.1 Å². The van der Waals surface area contributed by atoms with Crippen molar-refractivity contribution in [3.8, 4) is 0 Å². The van der Waals surface area contributed by atoms with E-state index in [1.54, 1.807) is 0 Å². The standard InChI is InChI=1S/C15H24O2/c1-5-11-9(2)8-15(17-11)12-6-10(7-13(15)16)14(12,3)4/h10,12-13,16H,5-8H2,1-4H3/t10-,12-,13+,15+/m1/s1. The van der Waals surface area contributed by atoms with E-state index in [2.05, 4.69) is 27.7 Å². The lowest BCUT2D eigenvalue weighted by Gasteiger charge is -2.65. The zero-order chi connectivity index (χ0) is 12.4. The molecule has 1 heterocycles. The first kappa shape index (κ1) is 11.6. The molecule has 96 valence electrons. The van der Waals surface area contributed by atoms with Crippen LogP contribution in [0, 0.1) is 17.3 Å². The van der Waals surface area contributed by atoms with Gasteiger partial charge in [-0.15, -0.1) is 0 Å². The van der Waals surface area contributed by atoms with Crippen LogP contribution in [0.1, 0.15) is 53.4 Å². The van der Waals surface area contributed by atoms with Gasteiger partial charge in [-0.25, -0.2) is 0 Å². The van der Waals surface area contributed by atoms with Crippen molar-refractivity contribution in [1.29, 1.82) is 0 Å². The number of hydrogen-bond acceptors (Lipinski definition) is 2. The van der Waals surface area contributed by atoms with Crippen LogP contribution in [0.15, 0.2) is 11.3 Å². The SMILES string of the molecule is CCC1=C(C)C[C@]2(O1)[C@@H]1C[C@H](C[C@@H]2O)C1(C)C. The Kier molecular flexibility index (Phi) is 2.24. The largest absolute Gasteiger partial charge is 0.488 e. The van der Waals surface area contributed by atoms with Crippen LogP contribution in [0.4, 0.5) is 0 Å². The third kappa shape index (κ3) is 1.25. The normalized spacial score (nSPS) is 47.0. The Balaban J connectivity index is 1.93. The Hall–Kier alpha value is -0.500. The summed E-state index contributed by atoms with van der Waals surface area (Å²) in [6, 6.07) is 0. The van der Waals surface area contributed by atoms with Crippen molar-refractivity contribution >= 4 is 0 Å². The minimum atomic E-state index is -0.284. The molecule has 3 fully saturated rings. The molecule has 4 rings (SSSR count). The van der Waals surface area contributed by atoms with Gasteiger partial charge in [0, 0.05) is 18.8 Å². The van der Waals surface area contributed by atoms with Gasteiger partial charge >= 0.3 is 0 Å². The lowest BCUT2D eigenvalue weighted by atomic mass is 9.43. The summed E-state index contributed by atoms with van der Waals surface area (Å²) >= 11 is 0. The Morgan fingerprint density at radius 1 is 1.35 bits per heavy atom. The molecule has 2 bridgehead atoms. The minimum absolute atomic E-state index is 0.265. The number of ether oxygens (including phenoxy) is 1. The van der Waals surface area contributed by atoms with Gasteiger partial charge in [0.05, 0.1) is 11.9 Å². The number of hydrogen-bond donors (Lipinski definition) is 1. The van der Waals surface area contributed by atoms with Crippen LogP contribution in [0.3, 0.4) is 0 Å². The predicted molar refractivity (Wildman–Crippen MR) is 67.4 cm³/mol. The average molecular weight is 236 g/mol. The molecule has 0 amide bonds. The van der Waals surface area contributed by atoms with Gasteiger partial charge in [0.2, 0.25) is 0 Å². The molecule has 0 unspecified atom stereocenters. The van der Waals surface area contributed by atoms with Gasteiger partial charge in [-0.2, -0.15) is 0 Å². The molecule has 1 aliphatic heterocycles. The molecule has 3 saturated carbocycles. The summed E-state index contributed by atoms with van der Waals surface area (Å²) in [7, 11) is 0. The average Bonchev–Trinajstić information content (AvgIpc) is 2.59. The second kappa shape index (κ2) is 3.28. The summed E-state index contributed by atoms with van der Waals surface area (Å²) in [5.41, 5.74) is 1.42. The fraction of sp³-hybridized carbons (Fsp3) is 0.867. The minimum Gasteiger partial charge on any atom is -0.488 e. The van der Waals surface area contributed by atoms with Crippen LogP contribution in [0.5, 0.6) is 0 Å². The Labute approximate surface area is 104 Å². The smallest absolute Gasteiger partial charge is 0.141 e. The molecule has 2 nitrogen and oxygen atoms in total. The van der Waals surface area contributed by atoms with Crippen LogP contribution in [-0.4, -0.2) is 16.8 Å². The Morgan fingerprint density at radius 2 is 2.06 bits per heavy atom. The van der Waals surface area contributed by atoms with Gasteiger partial charge < -0.3 is 9.84 Å². The highest BCUT2D eigenvalue weighted by atomic mass is 16.5. The maximum Gasteiger partial charge on any atom is 0.141 e. The van der Waals surface area contributed by atoms with Crippen LogP contribution in [-0.2, 0) is 4.74 Å². The van der Waals surface area contributed by atoms with E-state index >= 15 is 0 Å². The number of aliphatic hydroxyl groups excluding tert-OH is 1. The van der Waals surface area contributed by atoms with E-state index in [9.17, 15) is 5.11 Å². The highest BCUT2D eigenvalue weighted by Gasteiger charge is 2.67.